The number of β-lactam (4-membered cyclic amide) rings is 1. The minimum absolute atomic E-state index is 0.0147. The number of hydrogen-bond acceptors (Lipinski definition) is 7. The van der Waals surface area contributed by atoms with E-state index in [1.807, 2.05) is 60.7 Å². The van der Waals surface area contributed by atoms with E-state index in [2.05, 4.69) is 11.9 Å². The van der Waals surface area contributed by atoms with E-state index in [-0.39, 0.29) is 12.3 Å². The molecule has 4 rings (SSSR count). The maximum Gasteiger partial charge on any atom is 0.408 e. The third-order valence-corrected chi connectivity index (χ3v) is 6.81. The van der Waals surface area contributed by atoms with Crippen LogP contribution in [0.2, 0.25) is 0 Å². The second kappa shape index (κ2) is 10.6. The SMILES string of the molecule is C=CCOC(=O)N[C@@H]1C(=O)N2C(C(=O)OC(c3ccccc3)c3ccccc3)=C(CO)CS[C@H]12. The number of rotatable bonds is 8. The Labute approximate surface area is 201 Å². The monoisotopic (exact) mass is 480 g/mol. The largest absolute Gasteiger partial charge is 0.448 e. The smallest absolute Gasteiger partial charge is 0.408 e. The average Bonchev–Trinajstić information content (AvgIpc) is 2.89. The van der Waals surface area contributed by atoms with Crippen molar-refractivity contribution in [3.8, 4) is 0 Å². The van der Waals surface area contributed by atoms with Crippen LogP contribution in [0.3, 0.4) is 0 Å². The molecule has 176 valence electrons. The van der Waals surface area contributed by atoms with E-state index in [1.165, 1.54) is 22.7 Å². The highest BCUT2D eigenvalue weighted by Gasteiger charge is 2.54. The zero-order valence-electron chi connectivity index (χ0n) is 18.3. The van der Waals surface area contributed by atoms with Gasteiger partial charge in [-0.15, -0.1) is 11.8 Å². The number of aliphatic hydroxyl groups is 1. The fourth-order valence-electron chi connectivity index (χ4n) is 3.84. The topological polar surface area (TPSA) is 105 Å². The molecule has 2 aliphatic rings. The number of carbonyl (C=O) groups is 3. The molecule has 1 saturated heterocycles. The molecule has 2 aliphatic heterocycles. The summed E-state index contributed by atoms with van der Waals surface area (Å²) in [7, 11) is 0. The van der Waals surface area contributed by atoms with E-state index >= 15 is 0 Å². The fourth-order valence-corrected chi connectivity index (χ4v) is 5.18. The van der Waals surface area contributed by atoms with Crippen LogP contribution in [0, 0.1) is 0 Å². The van der Waals surface area contributed by atoms with Crippen LogP contribution in [-0.2, 0) is 19.1 Å². The van der Waals surface area contributed by atoms with Crippen molar-refractivity contribution in [3.05, 3.63) is 95.7 Å². The number of fused-ring (bicyclic) bond motifs is 1. The molecule has 0 radical (unpaired) electrons. The van der Waals surface area contributed by atoms with Gasteiger partial charge in [0.25, 0.3) is 5.91 Å². The minimum Gasteiger partial charge on any atom is -0.448 e. The Morgan fingerprint density at radius 2 is 1.76 bits per heavy atom. The molecule has 9 heteroatoms. The van der Waals surface area contributed by atoms with Gasteiger partial charge in [-0.3, -0.25) is 9.69 Å². The fraction of sp³-hybridized carbons (Fsp3) is 0.240. The van der Waals surface area contributed by atoms with E-state index in [1.54, 1.807) is 0 Å². The van der Waals surface area contributed by atoms with E-state index in [4.69, 9.17) is 9.47 Å². The zero-order valence-corrected chi connectivity index (χ0v) is 19.1. The average molecular weight is 481 g/mol. The van der Waals surface area contributed by atoms with Crippen molar-refractivity contribution in [2.24, 2.45) is 0 Å². The van der Waals surface area contributed by atoms with E-state index in [0.717, 1.165) is 11.1 Å². The van der Waals surface area contributed by atoms with Crippen LogP contribution in [0.15, 0.2) is 84.6 Å². The maximum absolute atomic E-state index is 13.4. The van der Waals surface area contributed by atoms with Gasteiger partial charge in [0, 0.05) is 5.75 Å². The van der Waals surface area contributed by atoms with Crippen molar-refractivity contribution < 1.29 is 29.0 Å². The van der Waals surface area contributed by atoms with Crippen LogP contribution in [0.1, 0.15) is 17.2 Å². The third kappa shape index (κ3) is 4.71. The van der Waals surface area contributed by atoms with Crippen molar-refractivity contribution in [2.45, 2.75) is 17.5 Å². The first-order valence-corrected chi connectivity index (χ1v) is 11.7. The summed E-state index contributed by atoms with van der Waals surface area (Å²) in [5.41, 5.74) is 1.96. The molecule has 2 N–H and O–H groups in total. The highest BCUT2D eigenvalue weighted by molar-refractivity contribution is 8.00. The summed E-state index contributed by atoms with van der Waals surface area (Å²) in [5, 5.41) is 11.9. The number of thioether (sulfide) groups is 1. The second-order valence-corrected chi connectivity index (χ2v) is 8.74. The summed E-state index contributed by atoms with van der Waals surface area (Å²) in [6.45, 7) is 3.10. The van der Waals surface area contributed by atoms with Gasteiger partial charge in [0.1, 0.15) is 23.7 Å². The number of benzene rings is 2. The Balaban J connectivity index is 1.57. The highest BCUT2D eigenvalue weighted by atomic mass is 32.2. The lowest BCUT2D eigenvalue weighted by atomic mass is 10.0. The summed E-state index contributed by atoms with van der Waals surface area (Å²) in [4.78, 5) is 39.5. The van der Waals surface area contributed by atoms with Gasteiger partial charge >= 0.3 is 12.1 Å². The summed E-state index contributed by atoms with van der Waals surface area (Å²) >= 11 is 1.35. The Morgan fingerprint density at radius 1 is 1.15 bits per heavy atom. The van der Waals surface area contributed by atoms with Crippen LogP contribution >= 0.6 is 11.8 Å². The standard InChI is InChI=1S/C25H24N2O6S/c1-2-13-32-25(31)26-19-22(29)27-20(18(14-28)15-34-23(19)27)24(30)33-21(16-9-5-3-6-10-16)17-11-7-4-8-12-17/h2-12,19,21,23,28H,1,13-15H2,(H,26,31)/t19-,23-/m1/s1. The summed E-state index contributed by atoms with van der Waals surface area (Å²) in [6, 6.07) is 17.7. The van der Waals surface area contributed by atoms with Gasteiger partial charge < -0.3 is 19.9 Å². The molecule has 2 aromatic carbocycles. The molecule has 0 unspecified atom stereocenters. The first kappa shape index (κ1) is 23.6. The molecule has 2 amide bonds. The molecule has 8 nitrogen and oxygen atoms in total. The van der Waals surface area contributed by atoms with Crippen LogP contribution < -0.4 is 5.32 Å². The summed E-state index contributed by atoms with van der Waals surface area (Å²) < 4.78 is 10.8. The van der Waals surface area contributed by atoms with Crippen LogP contribution in [-0.4, -0.2) is 58.4 Å². The number of amides is 2. The van der Waals surface area contributed by atoms with Crippen LogP contribution in [0.5, 0.6) is 0 Å². The van der Waals surface area contributed by atoms with Gasteiger partial charge in [-0.05, 0) is 16.7 Å². The lowest BCUT2D eigenvalue weighted by molar-refractivity contribution is -0.153. The summed E-state index contributed by atoms with van der Waals surface area (Å²) in [6.07, 6.45) is -0.0215. The Morgan fingerprint density at radius 3 is 2.32 bits per heavy atom. The molecule has 0 spiro atoms. The molecule has 2 aromatic rings. The predicted octanol–water partition coefficient (Wildman–Crippen LogP) is 2.76. The lowest BCUT2D eigenvalue weighted by Gasteiger charge is -2.49. The van der Waals surface area contributed by atoms with Gasteiger partial charge in [0.05, 0.1) is 6.61 Å². The molecule has 34 heavy (non-hydrogen) atoms. The quantitative estimate of drug-likeness (QED) is 0.340. The Hall–Kier alpha value is -3.56. The lowest BCUT2D eigenvalue weighted by Crippen LogP contribution is -2.70. The van der Waals surface area contributed by atoms with Crippen molar-refractivity contribution in [3.63, 3.8) is 0 Å². The normalized spacial score (nSPS) is 19.2. The second-order valence-electron chi connectivity index (χ2n) is 7.64. The number of aliphatic hydroxyl groups excluding tert-OH is 1. The minimum atomic E-state index is -0.843. The van der Waals surface area contributed by atoms with Crippen molar-refractivity contribution in [1.29, 1.82) is 0 Å². The molecule has 0 saturated carbocycles. The molecule has 0 aromatic heterocycles. The number of alkyl carbamates (subject to hydrolysis) is 1. The number of nitrogens with zero attached hydrogens (tertiary/aromatic N) is 1. The molecular formula is C25H24N2O6S. The third-order valence-electron chi connectivity index (χ3n) is 5.47. The molecular weight excluding hydrogens is 456 g/mol. The molecule has 2 atom stereocenters. The zero-order chi connectivity index (χ0) is 24.1. The summed E-state index contributed by atoms with van der Waals surface area (Å²) in [5.74, 6) is -0.869. The number of carbonyl (C=O) groups excluding carboxylic acids is 3. The number of esters is 1. The highest BCUT2D eigenvalue weighted by Crippen LogP contribution is 2.41. The Bertz CT molecular complexity index is 1070. The number of hydrogen-bond donors (Lipinski definition) is 2. The van der Waals surface area contributed by atoms with Crippen LogP contribution in [0.4, 0.5) is 4.79 Å². The first-order chi connectivity index (χ1) is 16.5. The Kier molecular flexibility index (Phi) is 7.34. The molecule has 0 bridgehead atoms. The van der Waals surface area contributed by atoms with Crippen molar-refractivity contribution in [1.82, 2.24) is 10.2 Å². The first-order valence-electron chi connectivity index (χ1n) is 10.7. The maximum atomic E-state index is 13.4. The van der Waals surface area contributed by atoms with Crippen molar-refractivity contribution in [2.75, 3.05) is 19.0 Å². The number of ether oxygens (including phenoxy) is 2. The van der Waals surface area contributed by atoms with Gasteiger partial charge in [-0.2, -0.15) is 0 Å². The van der Waals surface area contributed by atoms with Gasteiger partial charge in [-0.25, -0.2) is 9.59 Å². The van der Waals surface area contributed by atoms with Crippen molar-refractivity contribution >= 4 is 29.7 Å². The molecule has 1 fully saturated rings. The van der Waals surface area contributed by atoms with Gasteiger partial charge in [0.2, 0.25) is 0 Å². The molecule has 2 heterocycles. The van der Waals surface area contributed by atoms with Crippen LogP contribution in [0.25, 0.3) is 0 Å². The van der Waals surface area contributed by atoms with Gasteiger partial charge in [-0.1, -0.05) is 73.3 Å². The predicted molar refractivity (Wildman–Crippen MR) is 126 cm³/mol. The van der Waals surface area contributed by atoms with E-state index < -0.39 is 42.1 Å². The van der Waals surface area contributed by atoms with E-state index in [0.29, 0.717) is 11.3 Å². The number of nitrogens with one attached hydrogen (secondary N) is 1. The molecule has 0 aliphatic carbocycles. The van der Waals surface area contributed by atoms with E-state index in [9.17, 15) is 19.5 Å². The van der Waals surface area contributed by atoms with Gasteiger partial charge in [0.15, 0.2) is 6.10 Å².